The van der Waals surface area contributed by atoms with E-state index in [4.69, 9.17) is 9.47 Å². The van der Waals surface area contributed by atoms with Crippen LogP contribution in [0.15, 0.2) is 41.9 Å². The van der Waals surface area contributed by atoms with E-state index in [0.29, 0.717) is 25.9 Å². The number of hydrogen-bond acceptors (Lipinski definition) is 9. The van der Waals surface area contributed by atoms with E-state index in [2.05, 4.69) is 29.5 Å². The van der Waals surface area contributed by atoms with Gasteiger partial charge < -0.3 is 29.9 Å². The summed E-state index contributed by atoms with van der Waals surface area (Å²) in [4.78, 5) is 66.2. The number of hydrogen-bond donors (Lipinski definition) is 2. The van der Waals surface area contributed by atoms with Crippen molar-refractivity contribution in [2.24, 2.45) is 23.7 Å². The maximum Gasteiger partial charge on any atom is 0.245 e. The summed E-state index contributed by atoms with van der Waals surface area (Å²) in [6.45, 7) is 17.1. The molecule has 0 aliphatic carbocycles. The van der Waals surface area contributed by atoms with Crippen molar-refractivity contribution >= 4 is 35.0 Å². The van der Waals surface area contributed by atoms with Gasteiger partial charge in [0.25, 0.3) is 0 Å². The van der Waals surface area contributed by atoms with E-state index in [1.807, 2.05) is 94.1 Å². The van der Waals surface area contributed by atoms with Gasteiger partial charge in [0, 0.05) is 39.4 Å². The van der Waals surface area contributed by atoms with Gasteiger partial charge in [-0.15, -0.1) is 11.3 Å². The minimum atomic E-state index is -0.750. The molecular weight excluding hydrogens is 729 g/mol. The lowest BCUT2D eigenvalue weighted by atomic mass is 9.89. The molecule has 1 aromatic carbocycles. The van der Waals surface area contributed by atoms with Crippen LogP contribution in [-0.4, -0.2) is 121 Å². The predicted octanol–water partition coefficient (Wildman–Crippen LogP) is 5.58. The van der Waals surface area contributed by atoms with E-state index in [1.165, 1.54) is 11.3 Å². The molecule has 56 heavy (non-hydrogen) atoms. The van der Waals surface area contributed by atoms with Gasteiger partial charge in [0.05, 0.1) is 48.7 Å². The predicted molar refractivity (Wildman–Crippen MR) is 223 cm³/mol. The molecule has 1 fully saturated rings. The van der Waals surface area contributed by atoms with Crippen molar-refractivity contribution in [3.63, 3.8) is 0 Å². The van der Waals surface area contributed by atoms with Crippen molar-refractivity contribution < 1.29 is 28.7 Å². The molecule has 314 valence electrons. The van der Waals surface area contributed by atoms with Gasteiger partial charge in [-0.1, -0.05) is 92.1 Å². The van der Waals surface area contributed by atoms with Crippen molar-refractivity contribution in [1.29, 1.82) is 0 Å². The quantitative estimate of drug-likeness (QED) is 0.158. The second kappa shape index (κ2) is 22.5. The summed E-state index contributed by atoms with van der Waals surface area (Å²) in [5.74, 6) is -1.32. The first-order valence-electron chi connectivity index (χ1n) is 20.5. The smallest absolute Gasteiger partial charge is 0.245 e. The molecule has 13 heteroatoms. The van der Waals surface area contributed by atoms with E-state index in [9.17, 15) is 19.2 Å². The number of carbonyl (C=O) groups excluding carboxylic acids is 4. The lowest BCUT2D eigenvalue weighted by Gasteiger charge is -2.41. The van der Waals surface area contributed by atoms with Crippen LogP contribution >= 0.6 is 11.3 Å². The second-order valence-corrected chi connectivity index (χ2v) is 17.1. The number of likely N-dealkylation sites (N-methyl/N-ethyl adjacent to an activating group) is 2. The van der Waals surface area contributed by atoms with Crippen LogP contribution in [0.3, 0.4) is 0 Å². The van der Waals surface area contributed by atoms with Gasteiger partial charge in [-0.2, -0.15) is 0 Å². The summed E-state index contributed by atoms with van der Waals surface area (Å²) in [7, 11) is 6.86. The topological polar surface area (TPSA) is 133 Å². The van der Waals surface area contributed by atoms with Crippen LogP contribution in [0.2, 0.25) is 0 Å². The summed E-state index contributed by atoms with van der Waals surface area (Å²) in [6, 6.07) is 7.85. The maximum atomic E-state index is 14.3. The molecule has 9 atom stereocenters. The summed E-state index contributed by atoms with van der Waals surface area (Å²) in [5, 5.41) is 9.06. The first-order chi connectivity index (χ1) is 26.6. The molecule has 12 nitrogen and oxygen atoms in total. The van der Waals surface area contributed by atoms with Gasteiger partial charge >= 0.3 is 0 Å². The minimum Gasteiger partial charge on any atom is -0.379 e. The van der Waals surface area contributed by atoms with Crippen molar-refractivity contribution in [1.82, 2.24) is 30.3 Å². The third kappa shape index (κ3) is 12.1. The van der Waals surface area contributed by atoms with Crippen LogP contribution in [0.25, 0.3) is 0 Å². The van der Waals surface area contributed by atoms with Crippen LogP contribution in [-0.2, 0) is 35.1 Å². The Labute approximate surface area is 340 Å². The van der Waals surface area contributed by atoms with Crippen LogP contribution in [0, 0.1) is 23.7 Å². The fourth-order valence-corrected chi connectivity index (χ4v) is 8.94. The summed E-state index contributed by atoms with van der Waals surface area (Å²) in [5.41, 5.74) is 1.09. The molecule has 2 aromatic rings. The Morgan fingerprint density at radius 2 is 1.62 bits per heavy atom. The lowest BCUT2D eigenvalue weighted by Crippen LogP contribution is -2.60. The molecule has 0 radical (unpaired) electrons. The molecular formula is C43H70N6O6S. The maximum absolute atomic E-state index is 14.3. The SMILES string of the molecule is CC[C@H](C)[C@@H]([C@@H](CC(=O)N1CCC[C@H]1[C@H](OC)[C@@H](C)C(=O)N[C@@H](Cc1ccccc1)c1nccs1)OC)N(C)C(=O)[C@@H](NC(=O)[C@H](C(C)C)N(C)CC)C(C)C. The number of methoxy groups -OCH3 is 2. The highest BCUT2D eigenvalue weighted by molar-refractivity contribution is 7.09. The molecule has 3 rings (SSSR count). The number of amides is 4. The number of carbonyl (C=O) groups is 4. The largest absolute Gasteiger partial charge is 0.379 e. The lowest BCUT2D eigenvalue weighted by molar-refractivity contribution is -0.148. The first kappa shape index (κ1) is 47.0. The third-order valence-corrected chi connectivity index (χ3v) is 12.6. The fraction of sp³-hybridized carbons (Fsp3) is 0.698. The summed E-state index contributed by atoms with van der Waals surface area (Å²) >= 11 is 1.51. The van der Waals surface area contributed by atoms with Gasteiger partial charge in [0.2, 0.25) is 23.6 Å². The van der Waals surface area contributed by atoms with E-state index >= 15 is 0 Å². The Morgan fingerprint density at radius 3 is 2.16 bits per heavy atom. The van der Waals surface area contributed by atoms with Gasteiger partial charge in [0.1, 0.15) is 11.0 Å². The van der Waals surface area contributed by atoms with Crippen LogP contribution < -0.4 is 10.6 Å². The number of aromatic nitrogens is 1. The van der Waals surface area contributed by atoms with Crippen molar-refractivity contribution in [2.45, 2.75) is 130 Å². The molecule has 2 N–H and O–H groups in total. The van der Waals surface area contributed by atoms with Gasteiger partial charge in [-0.3, -0.25) is 24.1 Å². The molecule has 4 amide bonds. The van der Waals surface area contributed by atoms with E-state index in [0.717, 1.165) is 23.4 Å². The third-order valence-electron chi connectivity index (χ3n) is 11.7. The first-order valence-corrected chi connectivity index (χ1v) is 21.3. The van der Waals surface area contributed by atoms with Crippen LogP contribution in [0.4, 0.5) is 0 Å². The zero-order valence-electron chi connectivity index (χ0n) is 36.0. The average Bonchev–Trinajstić information content (AvgIpc) is 3.90. The van der Waals surface area contributed by atoms with E-state index in [-0.39, 0.29) is 65.9 Å². The summed E-state index contributed by atoms with van der Waals surface area (Å²) in [6.07, 6.45) is 3.49. The van der Waals surface area contributed by atoms with Crippen molar-refractivity contribution in [3.05, 3.63) is 52.5 Å². The van der Waals surface area contributed by atoms with Crippen LogP contribution in [0.1, 0.15) is 97.7 Å². The Hall–Kier alpha value is -3.39. The highest BCUT2D eigenvalue weighted by atomic mass is 32.1. The van der Waals surface area contributed by atoms with E-state index < -0.39 is 30.2 Å². The molecule has 1 saturated heterocycles. The molecule has 1 aliphatic rings. The number of benzene rings is 1. The van der Waals surface area contributed by atoms with Crippen molar-refractivity contribution in [3.8, 4) is 0 Å². The Morgan fingerprint density at radius 1 is 0.946 bits per heavy atom. The molecule has 2 heterocycles. The number of ether oxygens (including phenoxy) is 2. The molecule has 0 saturated carbocycles. The average molecular weight is 799 g/mol. The zero-order chi connectivity index (χ0) is 41.7. The zero-order valence-corrected chi connectivity index (χ0v) is 36.8. The second-order valence-electron chi connectivity index (χ2n) is 16.2. The number of rotatable bonds is 22. The molecule has 1 aliphatic heterocycles. The Kier molecular flexibility index (Phi) is 18.9. The highest BCUT2D eigenvalue weighted by Crippen LogP contribution is 2.30. The fourth-order valence-electron chi connectivity index (χ4n) is 8.25. The Balaban J connectivity index is 1.79. The number of nitrogens with zero attached hydrogens (tertiary/aromatic N) is 4. The Bertz CT molecular complexity index is 1510. The van der Waals surface area contributed by atoms with Gasteiger partial charge in [-0.25, -0.2) is 4.98 Å². The van der Waals surface area contributed by atoms with Gasteiger partial charge in [-0.05, 0) is 56.2 Å². The number of likely N-dealkylation sites (tertiary alicyclic amines) is 1. The summed E-state index contributed by atoms with van der Waals surface area (Å²) < 4.78 is 12.1. The van der Waals surface area contributed by atoms with Gasteiger partial charge in [0.15, 0.2) is 0 Å². The highest BCUT2D eigenvalue weighted by Gasteiger charge is 2.43. The van der Waals surface area contributed by atoms with Crippen LogP contribution in [0.5, 0.6) is 0 Å². The minimum absolute atomic E-state index is 0.00802. The number of thiazole rings is 1. The standard InChI is InChI=1S/C43H70N6O6S/c1-13-29(7)38(48(10)43(53)36(27(3)4)46-41(52)37(28(5)6)47(9)14-2)34(54-11)26-35(50)49-23-18-21-33(49)39(55-12)30(8)40(51)45-32(42-44-22-24-56-42)25-31-19-16-15-17-20-31/h15-17,19-20,22,24,27-30,32-34,36-39H,13-14,18,21,23,25-26H2,1-12H3,(H,45,51)(H,46,52)/t29-,30+,32-,33-,34+,36-,37-,38-,39+/m0/s1. The molecule has 1 aromatic heterocycles. The molecule has 0 unspecified atom stereocenters. The molecule has 0 spiro atoms. The van der Waals surface area contributed by atoms with E-state index in [1.54, 1.807) is 32.4 Å². The molecule has 0 bridgehead atoms. The monoisotopic (exact) mass is 799 g/mol. The van der Waals surface area contributed by atoms with Crippen molar-refractivity contribution in [2.75, 3.05) is 41.4 Å². The number of nitrogens with one attached hydrogen (secondary N) is 2. The normalized spacial score (nSPS) is 18.9.